The third kappa shape index (κ3) is 4.00. The van der Waals surface area contributed by atoms with Crippen LogP contribution in [0.1, 0.15) is 55.4 Å². The van der Waals surface area contributed by atoms with E-state index in [4.69, 9.17) is 14.7 Å². The predicted octanol–water partition coefficient (Wildman–Crippen LogP) is 2.26. The van der Waals surface area contributed by atoms with Crippen LogP contribution in [0.4, 0.5) is 0 Å². The number of aryl methyl sites for hydroxylation is 2. The minimum Gasteiger partial charge on any atom is -0.383 e. The van der Waals surface area contributed by atoms with Gasteiger partial charge in [0, 0.05) is 31.0 Å². The van der Waals surface area contributed by atoms with Crippen LogP contribution in [0.15, 0.2) is 0 Å². The molecule has 1 aliphatic carbocycles. The molecular formula is C16H27N3O. The number of nitrogens with zero attached hydrogens (tertiary/aromatic N) is 2. The maximum absolute atomic E-state index is 5.05. The molecule has 0 aromatic carbocycles. The van der Waals surface area contributed by atoms with Gasteiger partial charge in [0.25, 0.3) is 0 Å². The van der Waals surface area contributed by atoms with E-state index in [1.165, 1.54) is 29.8 Å². The second-order valence-electron chi connectivity index (χ2n) is 5.43. The fraction of sp³-hybridized carbons (Fsp3) is 0.750. The van der Waals surface area contributed by atoms with E-state index in [0.29, 0.717) is 5.92 Å². The van der Waals surface area contributed by atoms with E-state index < -0.39 is 0 Å². The zero-order chi connectivity index (χ0) is 14.4. The smallest absolute Gasteiger partial charge is 0.131 e. The Morgan fingerprint density at radius 3 is 2.25 bits per heavy atom. The molecule has 0 spiro atoms. The summed E-state index contributed by atoms with van der Waals surface area (Å²) in [5, 5.41) is 3.41. The Labute approximate surface area is 122 Å². The molecule has 0 bridgehead atoms. The number of hydrogen-bond donors (Lipinski definition) is 1. The number of ether oxygens (including phenoxy) is 1. The monoisotopic (exact) mass is 277 g/mol. The first-order valence-corrected chi connectivity index (χ1v) is 7.88. The van der Waals surface area contributed by atoms with Crippen molar-refractivity contribution >= 4 is 0 Å². The van der Waals surface area contributed by atoms with E-state index in [1.807, 2.05) is 0 Å². The van der Waals surface area contributed by atoms with Crippen molar-refractivity contribution in [2.45, 2.75) is 51.9 Å². The highest BCUT2D eigenvalue weighted by Crippen LogP contribution is 2.38. The highest BCUT2D eigenvalue weighted by atomic mass is 16.5. The molecule has 1 fully saturated rings. The molecule has 0 unspecified atom stereocenters. The SMILES string of the molecule is CCc1nc(C2CC2)nc(CC)c1CCNCCOC. The summed E-state index contributed by atoms with van der Waals surface area (Å²) in [4.78, 5) is 9.63. The minimum absolute atomic E-state index is 0.638. The third-order valence-electron chi connectivity index (χ3n) is 3.84. The second-order valence-corrected chi connectivity index (χ2v) is 5.43. The molecule has 0 amide bonds. The number of aromatic nitrogens is 2. The van der Waals surface area contributed by atoms with Gasteiger partial charge in [-0.1, -0.05) is 13.8 Å². The molecule has 0 radical (unpaired) electrons. The predicted molar refractivity (Wildman–Crippen MR) is 81.2 cm³/mol. The van der Waals surface area contributed by atoms with E-state index in [2.05, 4.69) is 19.2 Å². The number of methoxy groups -OCH3 is 1. The molecule has 2 rings (SSSR count). The highest BCUT2D eigenvalue weighted by molar-refractivity contribution is 5.28. The van der Waals surface area contributed by atoms with Gasteiger partial charge in [0.15, 0.2) is 0 Å². The normalized spacial score (nSPS) is 14.8. The molecule has 1 N–H and O–H groups in total. The van der Waals surface area contributed by atoms with Crippen LogP contribution in [0.3, 0.4) is 0 Å². The first-order chi connectivity index (χ1) is 9.80. The minimum atomic E-state index is 0.638. The average molecular weight is 277 g/mol. The highest BCUT2D eigenvalue weighted by Gasteiger charge is 2.28. The molecule has 112 valence electrons. The van der Waals surface area contributed by atoms with Gasteiger partial charge in [0.1, 0.15) is 5.82 Å². The van der Waals surface area contributed by atoms with E-state index in [9.17, 15) is 0 Å². The van der Waals surface area contributed by atoms with Crippen LogP contribution < -0.4 is 5.32 Å². The molecule has 1 saturated carbocycles. The van der Waals surface area contributed by atoms with Crippen LogP contribution in [0.25, 0.3) is 0 Å². The summed E-state index contributed by atoms with van der Waals surface area (Å²) in [7, 11) is 1.73. The van der Waals surface area contributed by atoms with Crippen molar-refractivity contribution in [3.63, 3.8) is 0 Å². The van der Waals surface area contributed by atoms with E-state index in [1.54, 1.807) is 7.11 Å². The van der Waals surface area contributed by atoms with Crippen molar-refractivity contribution in [1.29, 1.82) is 0 Å². The standard InChI is InChI=1S/C16H27N3O/c1-4-14-13(8-9-17-10-11-20-3)15(5-2)19-16(18-14)12-6-7-12/h12,17H,4-11H2,1-3H3. The van der Waals surface area contributed by atoms with Gasteiger partial charge in [-0.15, -0.1) is 0 Å². The van der Waals surface area contributed by atoms with Crippen molar-refractivity contribution in [2.75, 3.05) is 26.8 Å². The lowest BCUT2D eigenvalue weighted by atomic mass is 10.0. The molecule has 4 nitrogen and oxygen atoms in total. The van der Waals surface area contributed by atoms with Crippen molar-refractivity contribution in [3.05, 3.63) is 22.8 Å². The van der Waals surface area contributed by atoms with E-state index in [-0.39, 0.29) is 0 Å². The lowest BCUT2D eigenvalue weighted by Gasteiger charge is -2.14. The molecule has 1 heterocycles. The summed E-state index contributed by atoms with van der Waals surface area (Å²) < 4.78 is 5.05. The zero-order valence-corrected chi connectivity index (χ0v) is 13.0. The lowest BCUT2D eigenvalue weighted by molar-refractivity contribution is 0.199. The van der Waals surface area contributed by atoms with Crippen molar-refractivity contribution < 1.29 is 4.74 Å². The number of nitrogens with one attached hydrogen (secondary N) is 1. The quantitative estimate of drug-likeness (QED) is 0.703. The van der Waals surface area contributed by atoms with Crippen LogP contribution in [-0.2, 0) is 24.0 Å². The Morgan fingerprint density at radius 1 is 1.10 bits per heavy atom. The maximum Gasteiger partial charge on any atom is 0.131 e. The summed E-state index contributed by atoms with van der Waals surface area (Å²) in [6.07, 6.45) is 5.56. The second kappa shape index (κ2) is 7.70. The molecule has 1 aromatic rings. The van der Waals surface area contributed by atoms with E-state index >= 15 is 0 Å². The summed E-state index contributed by atoms with van der Waals surface area (Å²) in [5.41, 5.74) is 3.88. The van der Waals surface area contributed by atoms with Crippen LogP contribution in [-0.4, -0.2) is 36.8 Å². The van der Waals surface area contributed by atoms with Gasteiger partial charge in [-0.05, 0) is 44.2 Å². The van der Waals surface area contributed by atoms with Gasteiger partial charge < -0.3 is 10.1 Å². The summed E-state index contributed by atoms with van der Waals surface area (Å²) in [5.74, 6) is 1.73. The van der Waals surface area contributed by atoms with Crippen LogP contribution >= 0.6 is 0 Å². The van der Waals surface area contributed by atoms with Gasteiger partial charge in [0.05, 0.1) is 6.61 Å². The maximum atomic E-state index is 5.05. The fourth-order valence-corrected chi connectivity index (χ4v) is 2.51. The first-order valence-electron chi connectivity index (χ1n) is 7.88. The topological polar surface area (TPSA) is 47.0 Å². The number of rotatable bonds is 9. The summed E-state index contributed by atoms with van der Waals surface area (Å²) >= 11 is 0. The molecule has 0 atom stereocenters. The molecule has 1 aliphatic rings. The Morgan fingerprint density at radius 2 is 1.75 bits per heavy atom. The van der Waals surface area contributed by atoms with Crippen LogP contribution in [0, 0.1) is 0 Å². The van der Waals surface area contributed by atoms with Crippen molar-refractivity contribution in [1.82, 2.24) is 15.3 Å². The third-order valence-corrected chi connectivity index (χ3v) is 3.84. The van der Waals surface area contributed by atoms with E-state index in [0.717, 1.165) is 44.8 Å². The van der Waals surface area contributed by atoms with Gasteiger partial charge in [-0.2, -0.15) is 0 Å². The molecule has 1 aromatic heterocycles. The average Bonchev–Trinajstić information content (AvgIpc) is 3.31. The molecule has 20 heavy (non-hydrogen) atoms. The van der Waals surface area contributed by atoms with Gasteiger partial charge in [-0.3, -0.25) is 0 Å². The fourth-order valence-electron chi connectivity index (χ4n) is 2.51. The summed E-state index contributed by atoms with van der Waals surface area (Å²) in [6, 6.07) is 0. The molecule has 0 aliphatic heterocycles. The largest absolute Gasteiger partial charge is 0.383 e. The van der Waals surface area contributed by atoms with Gasteiger partial charge in [-0.25, -0.2) is 9.97 Å². The van der Waals surface area contributed by atoms with Crippen LogP contribution in [0.2, 0.25) is 0 Å². The lowest BCUT2D eigenvalue weighted by Crippen LogP contribution is -2.23. The molecular weight excluding hydrogens is 250 g/mol. The van der Waals surface area contributed by atoms with Gasteiger partial charge in [0.2, 0.25) is 0 Å². The zero-order valence-electron chi connectivity index (χ0n) is 13.0. The Hall–Kier alpha value is -1.00. The Kier molecular flexibility index (Phi) is 5.92. The first kappa shape index (κ1) is 15.4. The molecule has 0 saturated heterocycles. The van der Waals surface area contributed by atoms with Gasteiger partial charge >= 0.3 is 0 Å². The molecule has 4 heteroatoms. The van der Waals surface area contributed by atoms with Crippen LogP contribution in [0.5, 0.6) is 0 Å². The number of hydrogen-bond acceptors (Lipinski definition) is 4. The van der Waals surface area contributed by atoms with Crippen molar-refractivity contribution in [2.24, 2.45) is 0 Å². The van der Waals surface area contributed by atoms with Crippen molar-refractivity contribution in [3.8, 4) is 0 Å². The Balaban J connectivity index is 2.05. The Bertz CT molecular complexity index is 405. The summed E-state index contributed by atoms with van der Waals surface area (Å²) in [6.45, 7) is 7.02.